The lowest BCUT2D eigenvalue weighted by Gasteiger charge is -2.41. The number of hydrogen-bond acceptors (Lipinski definition) is 6. The normalized spacial score (nSPS) is 16.7. The Balaban J connectivity index is 5.73. The second-order valence-electron chi connectivity index (χ2n) is 11.8. The lowest BCUT2D eigenvalue weighted by Crippen LogP contribution is -2.72. The summed E-state index contributed by atoms with van der Waals surface area (Å²) in [7, 11) is -12.2. The van der Waals surface area contributed by atoms with E-state index in [1.165, 1.54) is 0 Å². The zero-order valence-corrected chi connectivity index (χ0v) is 29.1. The van der Waals surface area contributed by atoms with Gasteiger partial charge in [-0.1, -0.05) is 0 Å². The molecule has 0 fully saturated rings. The molecular weight excluding hydrogens is 946 g/mol. The highest BCUT2D eigenvalue weighted by molar-refractivity contribution is 6.72. The van der Waals surface area contributed by atoms with Gasteiger partial charge in [0.15, 0.2) is 5.83 Å². The van der Waals surface area contributed by atoms with E-state index in [4.69, 9.17) is 0 Å². The Hall–Kier alpha value is -2.03. The first-order chi connectivity index (χ1) is 24.8. The number of nitrogens with one attached hydrogen (secondary N) is 1. The van der Waals surface area contributed by atoms with Crippen LogP contribution in [0.1, 0.15) is 19.8 Å². The highest BCUT2D eigenvalue weighted by Gasteiger charge is 2.94. The Morgan fingerprint density at radius 3 is 1.24 bits per heavy atom. The van der Waals surface area contributed by atoms with Crippen LogP contribution >= 0.6 is 0 Å². The fraction of sp³-hybridized carbons (Fsp3) is 0.909. The van der Waals surface area contributed by atoms with Gasteiger partial charge >= 0.3 is 94.9 Å². The molecule has 0 amide bonds. The first kappa shape index (κ1) is 56.0. The van der Waals surface area contributed by atoms with E-state index in [1.807, 2.05) is 0 Å². The smallest absolute Gasteiger partial charge is 0.390 e. The Morgan fingerprint density at radius 1 is 0.500 bits per heavy atom. The summed E-state index contributed by atoms with van der Waals surface area (Å²) >= 11 is 0. The SMILES string of the molecule is CC(F)(F)C(F)(F)C(F)(F)C(F)(F)C(F)(F)C(F)(F)CC[Si](O)(O)O[Si](O)(O)CCCNC/C=C(\F)C(F)(F)C(F)(F)C(F)(F)C(F)(F)C(F)(F)C(F)(F)C(F)(F)F. The first-order valence-corrected chi connectivity index (χ1v) is 18.1. The van der Waals surface area contributed by atoms with E-state index in [-0.39, 0.29) is 0 Å². The molecular formula is C22H21F28NO5Si2. The van der Waals surface area contributed by atoms with Crippen molar-refractivity contribution in [1.82, 2.24) is 5.32 Å². The van der Waals surface area contributed by atoms with Crippen LogP contribution in [-0.2, 0) is 4.12 Å². The molecule has 6 nitrogen and oxygen atoms in total. The molecule has 0 aliphatic heterocycles. The molecule has 0 bridgehead atoms. The summed E-state index contributed by atoms with van der Waals surface area (Å²) in [6, 6.07) is -4.01. The topological polar surface area (TPSA) is 102 Å². The van der Waals surface area contributed by atoms with Crippen LogP contribution in [0.15, 0.2) is 11.9 Å². The van der Waals surface area contributed by atoms with Crippen molar-refractivity contribution in [3.05, 3.63) is 11.9 Å². The quantitative estimate of drug-likeness (QED) is 0.0426. The molecule has 58 heavy (non-hydrogen) atoms. The number of rotatable bonds is 22. The molecule has 0 radical (unpaired) electrons. The second-order valence-corrected chi connectivity index (χ2v) is 16.6. The van der Waals surface area contributed by atoms with Gasteiger partial charge in [0.25, 0.3) is 0 Å². The average Bonchev–Trinajstić information content (AvgIpc) is 2.99. The summed E-state index contributed by atoms with van der Waals surface area (Å²) in [6.07, 6.45) is -13.2. The van der Waals surface area contributed by atoms with Crippen LogP contribution in [0.25, 0.3) is 0 Å². The van der Waals surface area contributed by atoms with Gasteiger partial charge in [-0.25, -0.2) is 4.39 Å². The molecule has 348 valence electrons. The summed E-state index contributed by atoms with van der Waals surface area (Å²) in [4.78, 5) is 38.5. The highest BCUT2D eigenvalue weighted by atomic mass is 28.5. The predicted octanol–water partition coefficient (Wildman–Crippen LogP) is 8.28. The molecule has 0 aliphatic carbocycles. The molecule has 0 unspecified atom stereocenters. The van der Waals surface area contributed by atoms with E-state index in [0.717, 1.165) is 0 Å². The minimum Gasteiger partial charge on any atom is -0.390 e. The third kappa shape index (κ3) is 9.54. The molecule has 0 aliphatic rings. The molecule has 5 N–H and O–H groups in total. The fourth-order valence-electron chi connectivity index (χ4n) is 3.69. The second kappa shape index (κ2) is 16.0. The predicted molar refractivity (Wildman–Crippen MR) is 133 cm³/mol. The van der Waals surface area contributed by atoms with Gasteiger partial charge in [0.1, 0.15) is 0 Å². The van der Waals surface area contributed by atoms with E-state index in [2.05, 4.69) is 4.12 Å². The van der Waals surface area contributed by atoms with Crippen molar-refractivity contribution in [1.29, 1.82) is 0 Å². The van der Waals surface area contributed by atoms with Crippen LogP contribution in [0.4, 0.5) is 123 Å². The Labute approximate surface area is 304 Å². The van der Waals surface area contributed by atoms with Crippen LogP contribution in [-0.4, -0.2) is 127 Å². The summed E-state index contributed by atoms with van der Waals surface area (Å²) in [5, 5.41) is 1.55. The van der Waals surface area contributed by atoms with Gasteiger partial charge in [0, 0.05) is 32.0 Å². The maximum Gasteiger partial charge on any atom is 0.488 e. The monoisotopic (exact) mass is 967 g/mol. The molecule has 0 aromatic carbocycles. The van der Waals surface area contributed by atoms with Crippen molar-refractivity contribution in [3.63, 3.8) is 0 Å². The van der Waals surface area contributed by atoms with Crippen molar-refractivity contribution in [2.45, 2.75) is 109 Å². The summed E-state index contributed by atoms with van der Waals surface area (Å²) in [6.45, 7) is -4.01. The fourth-order valence-corrected chi connectivity index (χ4v) is 7.88. The van der Waals surface area contributed by atoms with Crippen LogP contribution in [0.5, 0.6) is 0 Å². The van der Waals surface area contributed by atoms with Crippen molar-refractivity contribution < 1.29 is 146 Å². The molecule has 0 rings (SSSR count). The summed E-state index contributed by atoms with van der Waals surface area (Å²) in [5.74, 6) is -98.2. The molecule has 36 heteroatoms. The highest BCUT2D eigenvalue weighted by Crippen LogP contribution is 2.64. The third-order valence-corrected chi connectivity index (χ3v) is 11.7. The zero-order valence-electron chi connectivity index (χ0n) is 27.1. The number of allylic oxidation sites excluding steroid dienone is 1. The molecule has 0 heterocycles. The van der Waals surface area contributed by atoms with Gasteiger partial charge in [-0.2, -0.15) is 119 Å². The number of alkyl halides is 27. The zero-order chi connectivity index (χ0) is 47.4. The average molecular weight is 968 g/mol. The van der Waals surface area contributed by atoms with Crippen LogP contribution < -0.4 is 5.32 Å². The van der Waals surface area contributed by atoms with Gasteiger partial charge in [0.05, 0.1) is 0 Å². The van der Waals surface area contributed by atoms with Gasteiger partial charge in [0.2, 0.25) is 0 Å². The standard InChI is InChI=1S/C22H21F28NO5Si2/c1-10(24,25)13(30,31)16(36,37)17(38,39)14(32,33)11(26,27)4-8-58(54,55)56-57(52,53)7-2-5-51-6-3-9(23)12(28,29)15(34,35)18(40,41)19(42,43)20(44,45)21(46,47)22(48,49)50/h3,51-55H,2,4-8H2,1H3/b9-3-. The third-order valence-electron chi connectivity index (χ3n) is 7.19. The molecule has 0 aromatic rings. The molecule has 0 atom stereocenters. The Kier molecular flexibility index (Phi) is 15.5. The Morgan fingerprint density at radius 2 is 0.845 bits per heavy atom. The van der Waals surface area contributed by atoms with E-state index >= 15 is 0 Å². The van der Waals surface area contributed by atoms with E-state index in [9.17, 15) is 142 Å². The molecule has 0 saturated heterocycles. The minimum absolute atomic E-state index is 1.02. The first-order valence-electron chi connectivity index (χ1n) is 14.1. The van der Waals surface area contributed by atoms with Crippen LogP contribution in [0.3, 0.4) is 0 Å². The molecule has 0 saturated carbocycles. The lowest BCUT2D eigenvalue weighted by molar-refractivity contribution is -0.450. The maximum atomic E-state index is 14.0. The van der Waals surface area contributed by atoms with Crippen LogP contribution in [0.2, 0.25) is 12.1 Å². The molecule has 0 spiro atoms. The van der Waals surface area contributed by atoms with E-state index in [1.54, 1.807) is 5.32 Å². The van der Waals surface area contributed by atoms with Gasteiger partial charge in [-0.3, -0.25) is 0 Å². The summed E-state index contributed by atoms with van der Waals surface area (Å²) in [5.41, 5.74) is 0. The number of halogens is 28. The van der Waals surface area contributed by atoms with E-state index in [0.29, 0.717) is 0 Å². The largest absolute Gasteiger partial charge is 0.488 e. The van der Waals surface area contributed by atoms with Gasteiger partial charge < -0.3 is 28.6 Å². The molecule has 0 aromatic heterocycles. The Bertz CT molecular complexity index is 1440. The summed E-state index contributed by atoms with van der Waals surface area (Å²) < 4.78 is 378. The van der Waals surface area contributed by atoms with Gasteiger partial charge in [-0.15, -0.1) is 0 Å². The lowest BCUT2D eigenvalue weighted by atomic mass is 9.90. The maximum absolute atomic E-state index is 14.0. The number of hydrogen-bond donors (Lipinski definition) is 5. The van der Waals surface area contributed by atoms with Crippen molar-refractivity contribution in [2.75, 3.05) is 13.1 Å². The van der Waals surface area contributed by atoms with Crippen molar-refractivity contribution in [3.8, 4) is 0 Å². The van der Waals surface area contributed by atoms with Crippen molar-refractivity contribution in [2.24, 2.45) is 0 Å². The van der Waals surface area contributed by atoms with E-state index < -0.39 is 152 Å². The van der Waals surface area contributed by atoms with Crippen LogP contribution in [0, 0.1) is 0 Å². The minimum atomic E-state index is -8.73. The van der Waals surface area contributed by atoms with Gasteiger partial charge in [-0.05, 0) is 19.0 Å². The van der Waals surface area contributed by atoms with Crippen molar-refractivity contribution >= 4 is 17.6 Å².